The van der Waals surface area contributed by atoms with E-state index in [0.29, 0.717) is 25.0 Å². The summed E-state index contributed by atoms with van der Waals surface area (Å²) in [6.07, 6.45) is 5.81. The Kier molecular flexibility index (Phi) is 7.37. The fourth-order valence-corrected chi connectivity index (χ4v) is 2.03. The molecule has 0 bridgehead atoms. The van der Waals surface area contributed by atoms with Gasteiger partial charge in [-0.3, -0.25) is 4.79 Å². The highest BCUT2D eigenvalue weighted by Crippen LogP contribution is 2.26. The third kappa shape index (κ3) is 6.34. The molecule has 0 unspecified atom stereocenters. The van der Waals surface area contributed by atoms with Crippen molar-refractivity contribution in [1.29, 1.82) is 0 Å². The zero-order chi connectivity index (χ0) is 15.7. The molecule has 0 radical (unpaired) electrons. The second-order valence-electron chi connectivity index (χ2n) is 5.07. The van der Waals surface area contributed by atoms with Crippen LogP contribution < -0.4 is 4.74 Å². The summed E-state index contributed by atoms with van der Waals surface area (Å²) in [6, 6.07) is 5.03. The number of ether oxygens (including phenoxy) is 1. The van der Waals surface area contributed by atoms with E-state index in [1.807, 2.05) is 0 Å². The first kappa shape index (κ1) is 17.1. The molecule has 0 atom stereocenters. The second kappa shape index (κ2) is 9.06. The minimum absolute atomic E-state index is 0.0843. The van der Waals surface area contributed by atoms with Crippen molar-refractivity contribution < 1.29 is 19.7 Å². The van der Waals surface area contributed by atoms with E-state index < -0.39 is 0 Å². The molecular weight excluding hydrogens is 268 g/mol. The minimum Gasteiger partial charge on any atom is -0.512 e. The number of phenols is 1. The molecule has 1 rings (SSSR count). The first-order valence-corrected chi connectivity index (χ1v) is 7.35. The predicted molar refractivity (Wildman–Crippen MR) is 82.8 cm³/mol. The van der Waals surface area contributed by atoms with Crippen LogP contribution in [0.4, 0.5) is 0 Å². The van der Waals surface area contributed by atoms with Crippen molar-refractivity contribution >= 4 is 5.78 Å². The number of hydrogen-bond acceptors (Lipinski definition) is 4. The van der Waals surface area contributed by atoms with Crippen molar-refractivity contribution in [2.75, 3.05) is 7.11 Å². The van der Waals surface area contributed by atoms with Gasteiger partial charge in [0.25, 0.3) is 0 Å². The number of unbranched alkanes of at least 4 members (excludes halogenated alkanes) is 2. The zero-order valence-electron chi connectivity index (χ0n) is 12.8. The van der Waals surface area contributed by atoms with Gasteiger partial charge in [-0.2, -0.15) is 0 Å². The quantitative estimate of drug-likeness (QED) is 0.411. The van der Waals surface area contributed by atoms with Gasteiger partial charge in [0.05, 0.1) is 12.9 Å². The number of phenolic OH excluding ortho intramolecular Hbond substituents is 1. The summed E-state index contributed by atoms with van der Waals surface area (Å²) in [5, 5.41) is 19.1. The van der Waals surface area contributed by atoms with Crippen LogP contribution in [-0.4, -0.2) is 23.1 Å². The lowest BCUT2D eigenvalue weighted by molar-refractivity contribution is -0.114. The van der Waals surface area contributed by atoms with Gasteiger partial charge >= 0.3 is 0 Å². The van der Waals surface area contributed by atoms with Crippen LogP contribution in [0.25, 0.3) is 0 Å². The molecule has 1 aromatic rings. The number of aliphatic hydroxyl groups is 1. The maximum absolute atomic E-state index is 11.8. The van der Waals surface area contributed by atoms with E-state index in [1.54, 1.807) is 18.2 Å². The molecule has 0 heterocycles. The molecule has 0 saturated carbocycles. The first-order valence-electron chi connectivity index (χ1n) is 7.35. The van der Waals surface area contributed by atoms with Gasteiger partial charge in [0, 0.05) is 18.9 Å². The molecule has 0 aromatic heterocycles. The topological polar surface area (TPSA) is 66.8 Å². The van der Waals surface area contributed by atoms with E-state index in [0.717, 1.165) is 24.8 Å². The monoisotopic (exact) mass is 292 g/mol. The predicted octanol–water partition coefficient (Wildman–Crippen LogP) is 3.92. The smallest absolute Gasteiger partial charge is 0.160 e. The fourth-order valence-electron chi connectivity index (χ4n) is 2.03. The lowest BCUT2D eigenvalue weighted by Crippen LogP contribution is -1.99. The Morgan fingerprint density at radius 2 is 2.05 bits per heavy atom. The van der Waals surface area contributed by atoms with E-state index in [2.05, 4.69) is 6.92 Å². The second-order valence-corrected chi connectivity index (χ2v) is 5.07. The number of carbonyl (C=O) groups excluding carboxylic acids is 1. The average molecular weight is 292 g/mol. The van der Waals surface area contributed by atoms with Crippen LogP contribution in [0.3, 0.4) is 0 Å². The summed E-state index contributed by atoms with van der Waals surface area (Å²) < 4.78 is 5.03. The highest BCUT2D eigenvalue weighted by molar-refractivity contribution is 5.90. The number of allylic oxidation sites excluding steroid dienone is 2. The van der Waals surface area contributed by atoms with Crippen LogP contribution in [-0.2, 0) is 11.2 Å². The number of rotatable bonds is 9. The molecule has 0 aliphatic rings. The minimum atomic E-state index is -0.0870. The van der Waals surface area contributed by atoms with Crippen LogP contribution >= 0.6 is 0 Å². The van der Waals surface area contributed by atoms with Crippen LogP contribution in [0, 0.1) is 0 Å². The number of benzene rings is 1. The SMILES string of the molecule is CCCCCC(O)=CC(=O)CCc1ccc(O)c(OC)c1. The van der Waals surface area contributed by atoms with Crippen LogP contribution in [0.1, 0.15) is 44.6 Å². The van der Waals surface area contributed by atoms with Crippen LogP contribution in [0.15, 0.2) is 30.0 Å². The van der Waals surface area contributed by atoms with Gasteiger partial charge in [0.15, 0.2) is 17.3 Å². The van der Waals surface area contributed by atoms with Crippen molar-refractivity contribution in [3.05, 3.63) is 35.6 Å². The first-order chi connectivity index (χ1) is 10.1. The average Bonchev–Trinajstić information content (AvgIpc) is 2.46. The summed E-state index contributed by atoms with van der Waals surface area (Å²) >= 11 is 0. The molecule has 0 aliphatic carbocycles. The largest absolute Gasteiger partial charge is 0.512 e. The number of aromatic hydroxyl groups is 1. The standard InChI is InChI=1S/C17H24O4/c1-3-4-5-6-14(18)12-15(19)9-7-13-8-10-16(20)17(11-13)21-2/h8,10-12,18,20H,3-7,9H2,1-2H3. The van der Waals surface area contributed by atoms with Gasteiger partial charge in [0.2, 0.25) is 0 Å². The van der Waals surface area contributed by atoms with E-state index in [9.17, 15) is 15.0 Å². The van der Waals surface area contributed by atoms with E-state index >= 15 is 0 Å². The Morgan fingerprint density at radius 3 is 2.71 bits per heavy atom. The lowest BCUT2D eigenvalue weighted by atomic mass is 10.1. The fraction of sp³-hybridized carbons (Fsp3) is 0.471. The van der Waals surface area contributed by atoms with Crippen molar-refractivity contribution in [3.8, 4) is 11.5 Å². The highest BCUT2D eigenvalue weighted by atomic mass is 16.5. The molecule has 116 valence electrons. The highest BCUT2D eigenvalue weighted by Gasteiger charge is 2.06. The molecule has 0 aliphatic heterocycles. The number of aliphatic hydroxyl groups excluding tert-OH is 1. The number of aryl methyl sites for hydroxylation is 1. The third-order valence-corrected chi connectivity index (χ3v) is 3.27. The number of carbonyl (C=O) groups is 1. The van der Waals surface area contributed by atoms with E-state index in [-0.39, 0.29) is 17.3 Å². The van der Waals surface area contributed by atoms with Gasteiger partial charge < -0.3 is 14.9 Å². The molecule has 2 N–H and O–H groups in total. The molecular formula is C17H24O4. The lowest BCUT2D eigenvalue weighted by Gasteiger charge is -2.06. The van der Waals surface area contributed by atoms with Gasteiger partial charge in [0.1, 0.15) is 0 Å². The summed E-state index contributed by atoms with van der Waals surface area (Å²) in [5.41, 5.74) is 0.914. The molecule has 4 heteroatoms. The van der Waals surface area contributed by atoms with Gasteiger partial charge in [-0.25, -0.2) is 0 Å². The van der Waals surface area contributed by atoms with Gasteiger partial charge in [-0.05, 0) is 30.5 Å². The molecule has 21 heavy (non-hydrogen) atoms. The maximum Gasteiger partial charge on any atom is 0.160 e. The number of hydrogen-bond donors (Lipinski definition) is 2. The molecule has 0 amide bonds. The zero-order valence-corrected chi connectivity index (χ0v) is 12.8. The summed E-state index contributed by atoms with van der Waals surface area (Å²) in [7, 11) is 1.49. The Balaban J connectivity index is 2.47. The van der Waals surface area contributed by atoms with Gasteiger partial charge in [-0.1, -0.05) is 25.8 Å². The van der Waals surface area contributed by atoms with Crippen LogP contribution in [0.2, 0.25) is 0 Å². The van der Waals surface area contributed by atoms with Crippen molar-refractivity contribution in [3.63, 3.8) is 0 Å². The Morgan fingerprint density at radius 1 is 1.29 bits per heavy atom. The Bertz CT molecular complexity index is 492. The maximum atomic E-state index is 11.8. The Labute approximate surface area is 126 Å². The van der Waals surface area contributed by atoms with Crippen LogP contribution in [0.5, 0.6) is 11.5 Å². The van der Waals surface area contributed by atoms with E-state index in [4.69, 9.17) is 4.74 Å². The van der Waals surface area contributed by atoms with Crippen molar-refractivity contribution in [1.82, 2.24) is 0 Å². The van der Waals surface area contributed by atoms with Crippen molar-refractivity contribution in [2.45, 2.75) is 45.4 Å². The molecule has 1 aromatic carbocycles. The molecule has 0 spiro atoms. The normalized spacial score (nSPS) is 11.4. The van der Waals surface area contributed by atoms with Crippen molar-refractivity contribution in [2.24, 2.45) is 0 Å². The summed E-state index contributed by atoms with van der Waals surface area (Å²) in [4.78, 5) is 11.8. The molecule has 4 nitrogen and oxygen atoms in total. The van der Waals surface area contributed by atoms with Gasteiger partial charge in [-0.15, -0.1) is 0 Å². The summed E-state index contributed by atoms with van der Waals surface area (Å²) in [6.45, 7) is 2.10. The third-order valence-electron chi connectivity index (χ3n) is 3.27. The molecule has 0 fully saturated rings. The number of methoxy groups -OCH3 is 1. The molecule has 0 saturated heterocycles. The van der Waals surface area contributed by atoms with E-state index in [1.165, 1.54) is 13.2 Å². The Hall–Kier alpha value is -1.97. The number of ketones is 1. The summed E-state index contributed by atoms with van der Waals surface area (Å²) in [5.74, 6) is 0.562.